The Labute approximate surface area is 150 Å². The van der Waals surface area contributed by atoms with Crippen LogP contribution in [0.25, 0.3) is 10.9 Å². The number of aryl methyl sites for hydroxylation is 1. The molecule has 1 aromatic carbocycles. The summed E-state index contributed by atoms with van der Waals surface area (Å²) in [6.45, 7) is 1.80. The Morgan fingerprint density at radius 3 is 2.73 bits per heavy atom. The minimum absolute atomic E-state index is 0.0709. The van der Waals surface area contributed by atoms with Gasteiger partial charge < -0.3 is 15.6 Å². The molecule has 3 aromatic rings. The number of nitrogens with two attached hydrogens (primary N) is 1. The monoisotopic (exact) mass is 374 g/mol. The van der Waals surface area contributed by atoms with Gasteiger partial charge in [-0.1, -0.05) is 6.07 Å². The molecule has 0 aliphatic rings. The Balaban J connectivity index is 2.24. The molecule has 134 valence electrons. The van der Waals surface area contributed by atoms with Gasteiger partial charge in [0.25, 0.3) is 5.91 Å². The second kappa shape index (κ2) is 7.14. The van der Waals surface area contributed by atoms with Gasteiger partial charge in [0, 0.05) is 17.6 Å². The summed E-state index contributed by atoms with van der Waals surface area (Å²) in [7, 11) is 0. The lowest BCUT2D eigenvalue weighted by Crippen LogP contribution is -2.14. The number of benzene rings is 1. The predicted molar refractivity (Wildman–Crippen MR) is 97.0 cm³/mol. The normalized spacial score (nSPS) is 12.1. The van der Waals surface area contributed by atoms with E-state index in [0.29, 0.717) is 27.8 Å². The van der Waals surface area contributed by atoms with Crippen molar-refractivity contribution in [2.45, 2.75) is 12.7 Å². The molecule has 0 bridgehead atoms. The number of nitrogens with one attached hydrogen (secondary N) is 1. The van der Waals surface area contributed by atoms with Crippen LogP contribution in [0, 0.1) is 12.7 Å². The lowest BCUT2D eigenvalue weighted by atomic mass is 10.0. The standard InChI is InChI=1S/C17H15FN4O3S/c1-9-2-10(8-26(24)25)3-13-15(9)21-7-14(17(19)23)16(13)22-12-4-11(18)5-20-6-12/h2-7H,8H2,1H3,(H2,19,23)(H,21,22)(H,24,25). The van der Waals surface area contributed by atoms with E-state index in [1.54, 1.807) is 19.1 Å². The summed E-state index contributed by atoms with van der Waals surface area (Å²) in [5, 5.41) is 3.50. The quantitative estimate of drug-likeness (QED) is 0.591. The van der Waals surface area contributed by atoms with Gasteiger partial charge in [-0.25, -0.2) is 8.60 Å². The number of hydrogen-bond donors (Lipinski definition) is 3. The average Bonchev–Trinajstić information content (AvgIpc) is 2.54. The summed E-state index contributed by atoms with van der Waals surface area (Å²) in [4.78, 5) is 19.9. The minimum Gasteiger partial charge on any atom is -0.365 e. The van der Waals surface area contributed by atoms with Gasteiger partial charge >= 0.3 is 0 Å². The molecule has 0 fully saturated rings. The first-order valence-electron chi connectivity index (χ1n) is 7.52. The van der Waals surface area contributed by atoms with Gasteiger partial charge in [0.05, 0.1) is 40.6 Å². The molecular formula is C17H15FN4O3S. The van der Waals surface area contributed by atoms with Crippen molar-refractivity contribution in [3.05, 3.63) is 59.3 Å². The molecule has 2 aromatic heterocycles. The second-order valence-electron chi connectivity index (χ2n) is 5.70. The largest absolute Gasteiger partial charge is 0.365 e. The Hall–Kier alpha value is -2.91. The summed E-state index contributed by atoms with van der Waals surface area (Å²) < 4.78 is 33.8. The van der Waals surface area contributed by atoms with Crippen molar-refractivity contribution < 1.29 is 17.9 Å². The van der Waals surface area contributed by atoms with Crippen LogP contribution >= 0.6 is 0 Å². The number of nitrogens with zero attached hydrogens (tertiary/aromatic N) is 2. The Kier molecular flexibility index (Phi) is 4.92. The number of fused-ring (bicyclic) bond motifs is 1. The molecule has 0 saturated carbocycles. The average molecular weight is 374 g/mol. The van der Waals surface area contributed by atoms with Gasteiger partial charge in [0.1, 0.15) is 5.82 Å². The highest BCUT2D eigenvalue weighted by molar-refractivity contribution is 7.78. The van der Waals surface area contributed by atoms with Crippen LogP contribution in [0.3, 0.4) is 0 Å². The number of hydrogen-bond acceptors (Lipinski definition) is 5. The van der Waals surface area contributed by atoms with E-state index in [1.807, 2.05) is 0 Å². The zero-order chi connectivity index (χ0) is 18.8. The van der Waals surface area contributed by atoms with Crippen LogP contribution in [-0.2, 0) is 16.8 Å². The fourth-order valence-corrected chi connectivity index (χ4v) is 3.18. The molecular weight excluding hydrogens is 359 g/mol. The second-order valence-corrected chi connectivity index (χ2v) is 6.63. The van der Waals surface area contributed by atoms with Crippen LogP contribution in [0.1, 0.15) is 21.5 Å². The van der Waals surface area contributed by atoms with Gasteiger partial charge in [0.2, 0.25) is 0 Å². The topological polar surface area (TPSA) is 118 Å². The van der Waals surface area contributed by atoms with Crippen LogP contribution in [0.2, 0.25) is 0 Å². The number of halogens is 1. The summed E-state index contributed by atoms with van der Waals surface area (Å²) in [6, 6.07) is 4.63. The fraction of sp³-hybridized carbons (Fsp3) is 0.118. The molecule has 26 heavy (non-hydrogen) atoms. The number of carbonyl (C=O) groups excluding carboxylic acids is 1. The highest BCUT2D eigenvalue weighted by atomic mass is 32.2. The van der Waals surface area contributed by atoms with Crippen LogP contribution < -0.4 is 11.1 Å². The van der Waals surface area contributed by atoms with E-state index in [0.717, 1.165) is 11.8 Å². The highest BCUT2D eigenvalue weighted by Gasteiger charge is 2.16. The summed E-state index contributed by atoms with van der Waals surface area (Å²) in [5.74, 6) is -1.32. The van der Waals surface area contributed by atoms with Crippen molar-refractivity contribution >= 4 is 39.3 Å². The Morgan fingerprint density at radius 1 is 1.31 bits per heavy atom. The van der Waals surface area contributed by atoms with Crippen molar-refractivity contribution in [3.63, 3.8) is 0 Å². The molecule has 0 aliphatic carbocycles. The summed E-state index contributed by atoms with van der Waals surface area (Å²) >= 11 is -2.02. The van der Waals surface area contributed by atoms with Crippen molar-refractivity contribution in [1.29, 1.82) is 0 Å². The van der Waals surface area contributed by atoms with E-state index in [4.69, 9.17) is 10.3 Å². The van der Waals surface area contributed by atoms with Crippen molar-refractivity contribution in [2.75, 3.05) is 5.32 Å². The lowest BCUT2D eigenvalue weighted by Gasteiger charge is -2.15. The van der Waals surface area contributed by atoms with E-state index in [9.17, 15) is 13.4 Å². The number of anilines is 2. The predicted octanol–water partition coefficient (Wildman–Crippen LogP) is 2.64. The third kappa shape index (κ3) is 3.68. The van der Waals surface area contributed by atoms with E-state index >= 15 is 0 Å². The van der Waals surface area contributed by atoms with E-state index in [1.165, 1.54) is 18.5 Å². The molecule has 7 nitrogen and oxygen atoms in total. The maximum Gasteiger partial charge on any atom is 0.252 e. The van der Waals surface area contributed by atoms with Crippen molar-refractivity contribution in [3.8, 4) is 0 Å². The fourth-order valence-electron chi connectivity index (χ4n) is 2.73. The van der Waals surface area contributed by atoms with Crippen LogP contribution in [0.4, 0.5) is 15.8 Å². The molecule has 0 aliphatic heterocycles. The molecule has 1 amide bonds. The molecule has 9 heteroatoms. The zero-order valence-electron chi connectivity index (χ0n) is 13.7. The Morgan fingerprint density at radius 2 is 2.08 bits per heavy atom. The van der Waals surface area contributed by atoms with Gasteiger partial charge in [-0.2, -0.15) is 0 Å². The first-order chi connectivity index (χ1) is 12.3. The maximum atomic E-state index is 13.4. The van der Waals surface area contributed by atoms with Gasteiger partial charge in [0.15, 0.2) is 11.1 Å². The summed E-state index contributed by atoms with van der Waals surface area (Å²) in [6.07, 6.45) is 3.81. The molecule has 2 heterocycles. The zero-order valence-corrected chi connectivity index (χ0v) is 14.5. The number of aromatic nitrogens is 2. The lowest BCUT2D eigenvalue weighted by molar-refractivity contribution is 0.100. The number of rotatable bonds is 5. The number of pyridine rings is 2. The van der Waals surface area contributed by atoms with E-state index in [-0.39, 0.29) is 11.3 Å². The van der Waals surface area contributed by atoms with Crippen molar-refractivity contribution in [2.24, 2.45) is 5.73 Å². The Bertz CT molecular complexity index is 1040. The van der Waals surface area contributed by atoms with Gasteiger partial charge in [-0.05, 0) is 24.1 Å². The SMILES string of the molecule is Cc1cc(CS(=O)O)cc2c(Nc3cncc(F)c3)c(C(N)=O)cnc12. The molecule has 0 saturated heterocycles. The highest BCUT2D eigenvalue weighted by Crippen LogP contribution is 2.31. The molecule has 4 N–H and O–H groups in total. The molecule has 0 radical (unpaired) electrons. The first kappa shape index (κ1) is 17.9. The third-order valence-electron chi connectivity index (χ3n) is 3.75. The van der Waals surface area contributed by atoms with Crippen LogP contribution in [0.5, 0.6) is 0 Å². The van der Waals surface area contributed by atoms with E-state index < -0.39 is 22.8 Å². The minimum atomic E-state index is -2.02. The molecule has 0 spiro atoms. The van der Waals surface area contributed by atoms with Gasteiger partial charge in [-0.3, -0.25) is 14.8 Å². The first-order valence-corrected chi connectivity index (χ1v) is 8.80. The van der Waals surface area contributed by atoms with Crippen LogP contribution in [-0.4, -0.2) is 24.6 Å². The number of amides is 1. The molecule has 3 rings (SSSR count). The van der Waals surface area contributed by atoms with Crippen molar-refractivity contribution in [1.82, 2.24) is 9.97 Å². The molecule has 1 unspecified atom stereocenters. The maximum absolute atomic E-state index is 13.4. The number of carbonyl (C=O) groups is 1. The van der Waals surface area contributed by atoms with Crippen LogP contribution in [0.15, 0.2) is 36.8 Å². The van der Waals surface area contributed by atoms with E-state index in [2.05, 4.69) is 15.3 Å². The number of primary amides is 1. The van der Waals surface area contributed by atoms with Gasteiger partial charge in [-0.15, -0.1) is 0 Å². The molecule has 1 atom stereocenters. The summed E-state index contributed by atoms with van der Waals surface area (Å²) in [5.41, 5.74) is 8.18. The third-order valence-corrected chi connectivity index (χ3v) is 4.33. The smallest absolute Gasteiger partial charge is 0.252 e.